The van der Waals surface area contributed by atoms with Gasteiger partial charge < -0.3 is 9.31 Å². The maximum Gasteiger partial charge on any atom is 0.495 e. The Morgan fingerprint density at radius 3 is 2.38 bits per heavy atom. The molecule has 2 aromatic carbocycles. The van der Waals surface area contributed by atoms with Crippen molar-refractivity contribution in [3.63, 3.8) is 0 Å². The number of rotatable bonds is 1. The molecule has 130 valence electrons. The average Bonchev–Trinajstić information content (AvgIpc) is 2.83. The van der Waals surface area contributed by atoms with Gasteiger partial charge in [-0.15, -0.1) is 0 Å². The summed E-state index contributed by atoms with van der Waals surface area (Å²) < 4.78 is 12.7. The molecule has 0 atom stereocenters. The molecule has 5 heteroatoms. The third-order valence-electron chi connectivity index (χ3n) is 5.79. The van der Waals surface area contributed by atoms with Crippen molar-refractivity contribution < 1.29 is 9.31 Å². The van der Waals surface area contributed by atoms with Crippen molar-refractivity contribution in [3.8, 4) is 11.1 Å². The molecule has 0 radical (unpaired) electrons. The van der Waals surface area contributed by atoms with Crippen LogP contribution in [0.4, 0.5) is 0 Å². The normalized spacial score (nSPS) is 19.6. The summed E-state index contributed by atoms with van der Waals surface area (Å²) in [6.07, 6.45) is 1.89. The molecule has 3 heterocycles. The van der Waals surface area contributed by atoms with E-state index in [1.807, 2.05) is 6.20 Å². The minimum Gasteiger partial charge on any atom is -0.399 e. The molecule has 0 N–H and O–H groups in total. The van der Waals surface area contributed by atoms with Crippen molar-refractivity contribution >= 4 is 35.2 Å². The lowest BCUT2D eigenvalue weighted by atomic mass is 9.73. The zero-order chi connectivity index (χ0) is 18.1. The van der Waals surface area contributed by atoms with Crippen LogP contribution in [0.3, 0.4) is 0 Å². The molecule has 0 unspecified atom stereocenters. The van der Waals surface area contributed by atoms with E-state index in [0.717, 1.165) is 11.0 Å². The number of aromatic nitrogens is 1. The first-order chi connectivity index (χ1) is 12.4. The highest BCUT2D eigenvalue weighted by atomic mass is 32.2. The van der Waals surface area contributed by atoms with E-state index < -0.39 is 0 Å². The Morgan fingerprint density at radius 2 is 1.62 bits per heavy atom. The van der Waals surface area contributed by atoms with Gasteiger partial charge in [0.25, 0.3) is 0 Å². The largest absolute Gasteiger partial charge is 0.495 e. The molecular weight excluding hydrogens is 341 g/mol. The number of benzene rings is 2. The van der Waals surface area contributed by atoms with Gasteiger partial charge in [-0.25, -0.2) is 0 Å². The van der Waals surface area contributed by atoms with Gasteiger partial charge in [0.05, 0.1) is 16.7 Å². The Balaban J connectivity index is 1.79. The van der Waals surface area contributed by atoms with E-state index in [-0.39, 0.29) is 18.3 Å². The zero-order valence-electron chi connectivity index (χ0n) is 15.4. The first-order valence-electron chi connectivity index (χ1n) is 8.92. The molecule has 1 saturated heterocycles. The predicted octanol–water partition coefficient (Wildman–Crippen LogP) is 4.67. The monoisotopic (exact) mass is 361 g/mol. The predicted molar refractivity (Wildman–Crippen MR) is 107 cm³/mol. The van der Waals surface area contributed by atoms with Crippen LogP contribution in [0.2, 0.25) is 0 Å². The lowest BCUT2D eigenvalue weighted by Gasteiger charge is -2.32. The molecule has 1 aromatic heterocycles. The van der Waals surface area contributed by atoms with Gasteiger partial charge in [-0.1, -0.05) is 36.0 Å². The van der Waals surface area contributed by atoms with Crippen molar-refractivity contribution in [3.05, 3.63) is 48.7 Å². The molecule has 3 nitrogen and oxygen atoms in total. The number of fused-ring (bicyclic) bond motifs is 2. The second-order valence-corrected chi connectivity index (χ2v) is 9.00. The van der Waals surface area contributed by atoms with Crippen LogP contribution in [0.1, 0.15) is 27.7 Å². The highest BCUT2D eigenvalue weighted by Gasteiger charge is 2.52. The summed E-state index contributed by atoms with van der Waals surface area (Å²) >= 11 is 1.80. The zero-order valence-corrected chi connectivity index (χ0v) is 16.2. The highest BCUT2D eigenvalue weighted by molar-refractivity contribution is 7.99. The Morgan fingerprint density at radius 1 is 0.885 bits per heavy atom. The molecule has 0 spiro atoms. The van der Waals surface area contributed by atoms with E-state index in [1.165, 1.54) is 26.3 Å². The number of nitrogens with zero attached hydrogens (tertiary/aromatic N) is 1. The first kappa shape index (κ1) is 16.4. The van der Waals surface area contributed by atoms with Gasteiger partial charge in [-0.3, -0.25) is 4.98 Å². The molecular formula is C21H20BNO2S. The summed E-state index contributed by atoms with van der Waals surface area (Å²) in [5.74, 6) is 0. The number of hydrogen-bond donors (Lipinski definition) is 0. The van der Waals surface area contributed by atoms with Crippen molar-refractivity contribution in [1.82, 2.24) is 4.98 Å². The minimum atomic E-state index is -0.386. The Hall–Kier alpha value is -1.82. The SMILES string of the molecule is CC1(C)OB(c2ccc3nccc4c3c2-c2ccccc2S4)OC1(C)C. The summed E-state index contributed by atoms with van der Waals surface area (Å²) in [5, 5.41) is 1.20. The van der Waals surface area contributed by atoms with E-state index in [0.29, 0.717) is 0 Å². The molecule has 3 aromatic rings. The number of pyridine rings is 1. The van der Waals surface area contributed by atoms with Gasteiger partial charge in [0, 0.05) is 21.4 Å². The topological polar surface area (TPSA) is 31.4 Å². The summed E-state index contributed by atoms with van der Waals surface area (Å²) in [6.45, 7) is 8.37. The van der Waals surface area contributed by atoms with Crippen LogP contribution in [0.15, 0.2) is 58.5 Å². The summed E-state index contributed by atoms with van der Waals surface area (Å²) in [6, 6.07) is 14.8. The number of hydrogen-bond acceptors (Lipinski definition) is 4. The molecule has 5 rings (SSSR count). The van der Waals surface area contributed by atoms with Crippen LogP contribution in [-0.2, 0) is 9.31 Å². The van der Waals surface area contributed by atoms with E-state index in [2.05, 4.69) is 75.1 Å². The van der Waals surface area contributed by atoms with Gasteiger partial charge in [0.15, 0.2) is 0 Å². The standard InChI is InChI=1S/C21H20BNO2S/c1-20(2)21(3,4)25-22(24-20)14-9-10-15-19-17(11-12-23-15)26-16-8-6-5-7-13(16)18(14)19/h5-12H,1-4H3. The van der Waals surface area contributed by atoms with Crippen molar-refractivity contribution in [2.45, 2.75) is 48.7 Å². The third kappa shape index (κ3) is 2.21. The smallest absolute Gasteiger partial charge is 0.399 e. The quantitative estimate of drug-likeness (QED) is 0.461. The summed E-state index contributed by atoms with van der Waals surface area (Å²) in [5.41, 5.74) is 3.80. The average molecular weight is 361 g/mol. The lowest BCUT2D eigenvalue weighted by molar-refractivity contribution is 0.00578. The third-order valence-corrected chi connectivity index (χ3v) is 6.92. The second kappa shape index (κ2) is 5.35. The second-order valence-electron chi connectivity index (χ2n) is 7.92. The molecule has 0 bridgehead atoms. The summed E-state index contributed by atoms with van der Waals surface area (Å²) in [7, 11) is -0.386. The van der Waals surface area contributed by atoms with Crippen molar-refractivity contribution in [2.24, 2.45) is 0 Å². The molecule has 0 amide bonds. The lowest BCUT2D eigenvalue weighted by Crippen LogP contribution is -2.41. The van der Waals surface area contributed by atoms with E-state index in [4.69, 9.17) is 9.31 Å². The maximum atomic E-state index is 6.37. The van der Waals surface area contributed by atoms with Crippen LogP contribution >= 0.6 is 11.8 Å². The van der Waals surface area contributed by atoms with Crippen molar-refractivity contribution in [2.75, 3.05) is 0 Å². The van der Waals surface area contributed by atoms with Crippen LogP contribution in [0.5, 0.6) is 0 Å². The van der Waals surface area contributed by atoms with Gasteiger partial charge in [0.2, 0.25) is 0 Å². The van der Waals surface area contributed by atoms with E-state index in [1.54, 1.807) is 11.8 Å². The van der Waals surface area contributed by atoms with Gasteiger partial charge in [-0.2, -0.15) is 0 Å². The molecule has 1 fully saturated rings. The Kier molecular flexibility index (Phi) is 3.37. The minimum absolute atomic E-state index is 0.361. The molecule has 0 aliphatic carbocycles. The molecule has 0 saturated carbocycles. The first-order valence-corrected chi connectivity index (χ1v) is 9.73. The Labute approximate surface area is 158 Å². The molecule has 2 aliphatic rings. The van der Waals surface area contributed by atoms with E-state index >= 15 is 0 Å². The highest BCUT2D eigenvalue weighted by Crippen LogP contribution is 2.47. The van der Waals surface area contributed by atoms with Gasteiger partial charge >= 0.3 is 7.12 Å². The van der Waals surface area contributed by atoms with Crippen LogP contribution < -0.4 is 5.46 Å². The van der Waals surface area contributed by atoms with Crippen LogP contribution in [0, 0.1) is 0 Å². The fourth-order valence-corrected chi connectivity index (χ4v) is 4.76. The fraction of sp³-hybridized carbons (Fsp3) is 0.286. The van der Waals surface area contributed by atoms with Gasteiger partial charge in [0.1, 0.15) is 0 Å². The maximum absolute atomic E-state index is 6.37. The van der Waals surface area contributed by atoms with E-state index in [9.17, 15) is 0 Å². The summed E-state index contributed by atoms with van der Waals surface area (Å²) in [4.78, 5) is 7.09. The molecule has 26 heavy (non-hydrogen) atoms. The fourth-order valence-electron chi connectivity index (χ4n) is 3.66. The molecule has 2 aliphatic heterocycles. The van der Waals surface area contributed by atoms with Crippen LogP contribution in [-0.4, -0.2) is 23.3 Å². The van der Waals surface area contributed by atoms with Crippen molar-refractivity contribution in [1.29, 1.82) is 0 Å². The van der Waals surface area contributed by atoms with Gasteiger partial charge in [-0.05, 0) is 62.5 Å². The Bertz CT molecular complexity index is 1030. The van der Waals surface area contributed by atoms with Crippen LogP contribution in [0.25, 0.3) is 22.0 Å².